The summed E-state index contributed by atoms with van der Waals surface area (Å²) in [5.74, 6) is 0.992. The number of hydrogen-bond acceptors (Lipinski definition) is 3. The van der Waals surface area contributed by atoms with E-state index in [1.165, 1.54) is 5.56 Å². The normalized spacial score (nSPS) is 19.3. The standard InChI is InChI=1S/C13H18BrNO2/c1-16-8-6-15-12-3-2-7-17-13-9-10(14)4-5-11(12)13/h4-5,9,12,15H,2-3,6-8H2,1H3. The van der Waals surface area contributed by atoms with Crippen LogP contribution in [0.25, 0.3) is 0 Å². The maximum absolute atomic E-state index is 5.76. The Balaban J connectivity index is 2.12. The quantitative estimate of drug-likeness (QED) is 0.867. The number of hydrogen-bond donors (Lipinski definition) is 1. The van der Waals surface area contributed by atoms with E-state index in [0.29, 0.717) is 6.04 Å². The first-order valence-electron chi connectivity index (χ1n) is 5.96. The predicted molar refractivity (Wildman–Crippen MR) is 71.5 cm³/mol. The molecule has 0 aromatic heterocycles. The highest BCUT2D eigenvalue weighted by molar-refractivity contribution is 9.10. The molecule has 3 nitrogen and oxygen atoms in total. The molecular formula is C13H18BrNO2. The van der Waals surface area contributed by atoms with Gasteiger partial charge in [0.2, 0.25) is 0 Å². The summed E-state index contributed by atoms with van der Waals surface area (Å²) in [5.41, 5.74) is 1.25. The SMILES string of the molecule is COCCNC1CCCOc2cc(Br)ccc21. The van der Waals surface area contributed by atoms with Crippen LogP contribution < -0.4 is 10.1 Å². The van der Waals surface area contributed by atoms with E-state index in [4.69, 9.17) is 9.47 Å². The lowest BCUT2D eigenvalue weighted by Crippen LogP contribution is -2.24. The zero-order valence-corrected chi connectivity index (χ0v) is 11.6. The van der Waals surface area contributed by atoms with Crippen molar-refractivity contribution < 1.29 is 9.47 Å². The van der Waals surface area contributed by atoms with Crippen molar-refractivity contribution in [3.63, 3.8) is 0 Å². The van der Waals surface area contributed by atoms with Gasteiger partial charge in [0.1, 0.15) is 5.75 Å². The van der Waals surface area contributed by atoms with E-state index in [0.717, 1.165) is 42.8 Å². The van der Waals surface area contributed by atoms with E-state index < -0.39 is 0 Å². The molecule has 0 saturated carbocycles. The van der Waals surface area contributed by atoms with E-state index in [9.17, 15) is 0 Å². The van der Waals surface area contributed by atoms with Crippen molar-refractivity contribution >= 4 is 15.9 Å². The second kappa shape index (κ2) is 6.38. The van der Waals surface area contributed by atoms with E-state index in [-0.39, 0.29) is 0 Å². The largest absolute Gasteiger partial charge is 0.493 e. The van der Waals surface area contributed by atoms with Gasteiger partial charge < -0.3 is 14.8 Å². The number of halogens is 1. The van der Waals surface area contributed by atoms with Crippen molar-refractivity contribution in [2.24, 2.45) is 0 Å². The summed E-state index contributed by atoms with van der Waals surface area (Å²) in [6, 6.07) is 6.62. The maximum atomic E-state index is 5.76. The smallest absolute Gasteiger partial charge is 0.125 e. The first-order valence-corrected chi connectivity index (χ1v) is 6.75. The van der Waals surface area contributed by atoms with Gasteiger partial charge >= 0.3 is 0 Å². The van der Waals surface area contributed by atoms with Crippen LogP contribution in [0.2, 0.25) is 0 Å². The average Bonchev–Trinajstić information content (AvgIpc) is 2.52. The Kier molecular flexibility index (Phi) is 4.83. The van der Waals surface area contributed by atoms with Crippen LogP contribution in [0.4, 0.5) is 0 Å². The lowest BCUT2D eigenvalue weighted by molar-refractivity contribution is 0.195. The van der Waals surface area contributed by atoms with Gasteiger partial charge in [-0.05, 0) is 25.0 Å². The fourth-order valence-corrected chi connectivity index (χ4v) is 2.43. The Labute approximate surface area is 111 Å². The predicted octanol–water partition coefficient (Wildman–Crippen LogP) is 2.90. The second-order valence-electron chi connectivity index (χ2n) is 4.17. The fourth-order valence-electron chi connectivity index (χ4n) is 2.09. The average molecular weight is 300 g/mol. The van der Waals surface area contributed by atoms with E-state index >= 15 is 0 Å². The Hall–Kier alpha value is -0.580. The van der Waals surface area contributed by atoms with Crippen LogP contribution in [0.5, 0.6) is 5.75 Å². The Morgan fingerprint density at radius 1 is 1.53 bits per heavy atom. The molecule has 0 amide bonds. The first kappa shape index (κ1) is 12.9. The van der Waals surface area contributed by atoms with Gasteiger partial charge in [0, 0.05) is 29.7 Å². The van der Waals surface area contributed by atoms with Gasteiger partial charge in [-0.3, -0.25) is 0 Å². The van der Waals surface area contributed by atoms with Crippen molar-refractivity contribution in [1.82, 2.24) is 5.32 Å². The summed E-state index contributed by atoms with van der Waals surface area (Å²) in [6.07, 6.45) is 2.19. The molecule has 1 aromatic rings. The molecule has 94 valence electrons. The minimum absolute atomic E-state index is 0.371. The molecule has 1 unspecified atom stereocenters. The summed E-state index contributed by atoms with van der Waals surface area (Å²) < 4.78 is 11.9. The molecule has 2 rings (SSSR count). The van der Waals surface area contributed by atoms with Crippen LogP contribution in [0, 0.1) is 0 Å². The van der Waals surface area contributed by atoms with Crippen molar-refractivity contribution in [2.75, 3.05) is 26.9 Å². The number of fused-ring (bicyclic) bond motifs is 1. The summed E-state index contributed by atoms with van der Waals surface area (Å²) in [5, 5.41) is 3.52. The Bertz CT molecular complexity index is 370. The summed E-state index contributed by atoms with van der Waals surface area (Å²) in [4.78, 5) is 0. The molecule has 0 saturated heterocycles. The third kappa shape index (κ3) is 3.44. The van der Waals surface area contributed by atoms with Crippen LogP contribution >= 0.6 is 15.9 Å². The highest BCUT2D eigenvalue weighted by Crippen LogP contribution is 2.33. The highest BCUT2D eigenvalue weighted by Gasteiger charge is 2.19. The van der Waals surface area contributed by atoms with Gasteiger partial charge in [0.05, 0.1) is 13.2 Å². The Morgan fingerprint density at radius 2 is 2.41 bits per heavy atom. The van der Waals surface area contributed by atoms with E-state index in [2.05, 4.69) is 33.4 Å². The van der Waals surface area contributed by atoms with Gasteiger partial charge in [-0.2, -0.15) is 0 Å². The molecule has 1 aliphatic rings. The van der Waals surface area contributed by atoms with Gasteiger partial charge in [-0.1, -0.05) is 22.0 Å². The topological polar surface area (TPSA) is 30.5 Å². The molecule has 1 atom stereocenters. The van der Waals surface area contributed by atoms with Gasteiger partial charge in [0.15, 0.2) is 0 Å². The number of ether oxygens (including phenoxy) is 2. The molecule has 1 aromatic carbocycles. The van der Waals surface area contributed by atoms with Crippen LogP contribution in [-0.4, -0.2) is 26.9 Å². The molecule has 0 bridgehead atoms. The molecular weight excluding hydrogens is 282 g/mol. The minimum atomic E-state index is 0.371. The summed E-state index contributed by atoms with van der Waals surface area (Å²) >= 11 is 3.48. The van der Waals surface area contributed by atoms with Crippen LogP contribution in [0.3, 0.4) is 0 Å². The molecule has 0 spiro atoms. The lowest BCUT2D eigenvalue weighted by atomic mass is 10.0. The van der Waals surface area contributed by atoms with Crippen LogP contribution in [0.1, 0.15) is 24.4 Å². The second-order valence-corrected chi connectivity index (χ2v) is 5.09. The monoisotopic (exact) mass is 299 g/mol. The lowest BCUT2D eigenvalue weighted by Gasteiger charge is -2.18. The highest BCUT2D eigenvalue weighted by atomic mass is 79.9. The molecule has 1 heterocycles. The minimum Gasteiger partial charge on any atom is -0.493 e. The molecule has 0 radical (unpaired) electrons. The molecule has 0 aliphatic carbocycles. The van der Waals surface area contributed by atoms with Crippen molar-refractivity contribution in [2.45, 2.75) is 18.9 Å². The molecule has 17 heavy (non-hydrogen) atoms. The van der Waals surface area contributed by atoms with E-state index in [1.54, 1.807) is 7.11 Å². The van der Waals surface area contributed by atoms with Crippen LogP contribution in [-0.2, 0) is 4.74 Å². The first-order chi connectivity index (χ1) is 8.31. The Morgan fingerprint density at radius 3 is 3.24 bits per heavy atom. The third-order valence-corrected chi connectivity index (χ3v) is 3.44. The van der Waals surface area contributed by atoms with Gasteiger partial charge in [-0.25, -0.2) is 0 Å². The van der Waals surface area contributed by atoms with Gasteiger partial charge in [0.25, 0.3) is 0 Å². The zero-order valence-electron chi connectivity index (χ0n) is 10.0. The number of methoxy groups -OCH3 is 1. The number of benzene rings is 1. The molecule has 1 aliphatic heterocycles. The fraction of sp³-hybridized carbons (Fsp3) is 0.538. The van der Waals surface area contributed by atoms with Crippen molar-refractivity contribution in [1.29, 1.82) is 0 Å². The zero-order chi connectivity index (χ0) is 12.1. The number of nitrogens with one attached hydrogen (secondary N) is 1. The van der Waals surface area contributed by atoms with Crippen molar-refractivity contribution in [3.8, 4) is 5.75 Å². The summed E-state index contributed by atoms with van der Waals surface area (Å²) in [6.45, 7) is 2.41. The molecule has 0 fully saturated rings. The molecule has 1 N–H and O–H groups in total. The number of rotatable bonds is 4. The molecule has 4 heteroatoms. The third-order valence-electron chi connectivity index (χ3n) is 2.94. The van der Waals surface area contributed by atoms with Gasteiger partial charge in [-0.15, -0.1) is 0 Å². The van der Waals surface area contributed by atoms with E-state index in [1.807, 2.05) is 6.07 Å². The maximum Gasteiger partial charge on any atom is 0.125 e. The van der Waals surface area contributed by atoms with Crippen molar-refractivity contribution in [3.05, 3.63) is 28.2 Å². The van der Waals surface area contributed by atoms with Crippen LogP contribution in [0.15, 0.2) is 22.7 Å². The summed E-state index contributed by atoms with van der Waals surface area (Å²) in [7, 11) is 1.73.